The molecule has 0 unspecified atom stereocenters. The Kier molecular flexibility index (Phi) is 5.09. The molecule has 0 aliphatic heterocycles. The molecule has 112 valence electrons. The number of fused-ring (bicyclic) bond motifs is 1. The summed E-state index contributed by atoms with van der Waals surface area (Å²) in [5, 5.41) is 3.46. The number of carbonyl (C=O) groups is 2. The third-order valence-electron chi connectivity index (χ3n) is 3.10. The highest BCUT2D eigenvalue weighted by Gasteiger charge is 2.25. The molecule has 1 heterocycles. The van der Waals surface area contributed by atoms with Crippen molar-refractivity contribution in [3.8, 4) is 0 Å². The molecule has 1 aromatic carbocycles. The maximum Gasteiger partial charge on any atom is 0.328 e. The number of ether oxygens (including phenoxy) is 1. The largest absolute Gasteiger partial charge is 0.467 e. The molecular formula is C14H14Cl2N2O3. The number of H-pyrrole nitrogens is 1. The molecule has 7 heteroatoms. The first-order valence-corrected chi connectivity index (χ1v) is 7.11. The second-order valence-electron chi connectivity index (χ2n) is 4.45. The van der Waals surface area contributed by atoms with E-state index in [0.717, 1.165) is 16.5 Å². The van der Waals surface area contributed by atoms with Crippen LogP contribution in [-0.4, -0.2) is 34.8 Å². The molecule has 0 radical (unpaired) electrons. The number of esters is 1. The third-order valence-corrected chi connectivity index (χ3v) is 3.50. The van der Waals surface area contributed by atoms with Gasteiger partial charge in [0.05, 0.1) is 7.11 Å². The van der Waals surface area contributed by atoms with Crippen LogP contribution in [0.1, 0.15) is 5.56 Å². The lowest BCUT2D eigenvalue weighted by atomic mass is 10.0. The first kappa shape index (κ1) is 15.7. The number of nitrogens with one attached hydrogen (secondary N) is 2. The minimum absolute atomic E-state index is 0.281. The Balaban J connectivity index is 2.22. The molecule has 0 aliphatic rings. The summed E-state index contributed by atoms with van der Waals surface area (Å²) in [6.07, 6.45) is 2.08. The van der Waals surface area contributed by atoms with Crippen LogP contribution >= 0.6 is 23.2 Å². The monoisotopic (exact) mass is 328 g/mol. The van der Waals surface area contributed by atoms with Gasteiger partial charge in [0, 0.05) is 23.5 Å². The molecule has 0 bridgehead atoms. The van der Waals surface area contributed by atoms with E-state index < -0.39 is 22.8 Å². The van der Waals surface area contributed by atoms with Gasteiger partial charge in [-0.3, -0.25) is 4.79 Å². The van der Waals surface area contributed by atoms with Crippen LogP contribution in [0.25, 0.3) is 10.9 Å². The summed E-state index contributed by atoms with van der Waals surface area (Å²) >= 11 is 11.0. The van der Waals surface area contributed by atoms with Crippen LogP contribution in [0.5, 0.6) is 0 Å². The van der Waals surface area contributed by atoms with Gasteiger partial charge in [0.1, 0.15) is 6.04 Å². The zero-order valence-corrected chi connectivity index (χ0v) is 12.7. The molecule has 0 saturated heterocycles. The van der Waals surface area contributed by atoms with Crippen LogP contribution in [0, 0.1) is 0 Å². The fraction of sp³-hybridized carbons (Fsp3) is 0.286. The highest BCUT2D eigenvalue weighted by molar-refractivity contribution is 6.53. The summed E-state index contributed by atoms with van der Waals surface area (Å²) in [6.45, 7) is 0. The molecule has 0 saturated carbocycles. The number of rotatable bonds is 5. The van der Waals surface area contributed by atoms with Gasteiger partial charge >= 0.3 is 5.97 Å². The summed E-state index contributed by atoms with van der Waals surface area (Å²) < 4.78 is 4.70. The lowest BCUT2D eigenvalue weighted by Crippen LogP contribution is -2.45. The smallest absolute Gasteiger partial charge is 0.328 e. The van der Waals surface area contributed by atoms with E-state index in [-0.39, 0.29) is 6.42 Å². The average molecular weight is 329 g/mol. The van der Waals surface area contributed by atoms with Gasteiger partial charge in [0.25, 0.3) is 5.91 Å². The Labute approximate surface area is 131 Å². The number of halogens is 2. The number of aromatic amines is 1. The van der Waals surface area contributed by atoms with Crippen LogP contribution in [-0.2, 0) is 20.7 Å². The van der Waals surface area contributed by atoms with E-state index in [1.165, 1.54) is 7.11 Å². The first-order valence-electron chi connectivity index (χ1n) is 6.24. The summed E-state index contributed by atoms with van der Waals surface area (Å²) in [7, 11) is 1.26. The number of amides is 1. The topological polar surface area (TPSA) is 71.2 Å². The Hall–Kier alpha value is -1.72. The maximum atomic E-state index is 11.8. The summed E-state index contributed by atoms with van der Waals surface area (Å²) in [4.78, 5) is 25.2. The lowest BCUT2D eigenvalue weighted by molar-refractivity contribution is -0.144. The van der Waals surface area contributed by atoms with Crippen molar-refractivity contribution in [1.82, 2.24) is 10.3 Å². The van der Waals surface area contributed by atoms with E-state index in [9.17, 15) is 9.59 Å². The number of hydrogen-bond donors (Lipinski definition) is 2. The van der Waals surface area contributed by atoms with Gasteiger partial charge in [-0.05, 0) is 11.6 Å². The fourth-order valence-corrected chi connectivity index (χ4v) is 2.22. The van der Waals surface area contributed by atoms with Gasteiger partial charge in [-0.15, -0.1) is 0 Å². The van der Waals surface area contributed by atoms with Crippen molar-refractivity contribution in [2.75, 3.05) is 7.11 Å². The van der Waals surface area contributed by atoms with Gasteiger partial charge in [-0.1, -0.05) is 41.4 Å². The van der Waals surface area contributed by atoms with Crippen LogP contribution in [0.2, 0.25) is 0 Å². The van der Waals surface area contributed by atoms with E-state index in [1.807, 2.05) is 24.3 Å². The molecule has 1 aromatic heterocycles. The van der Waals surface area contributed by atoms with Gasteiger partial charge in [-0.25, -0.2) is 4.79 Å². The van der Waals surface area contributed by atoms with Crippen molar-refractivity contribution in [3.63, 3.8) is 0 Å². The summed E-state index contributed by atoms with van der Waals surface area (Å²) in [5.74, 6) is -1.18. The number of alkyl halides is 2. The van der Waals surface area contributed by atoms with E-state index >= 15 is 0 Å². The number of para-hydroxylation sites is 1. The van der Waals surface area contributed by atoms with Crippen molar-refractivity contribution in [3.05, 3.63) is 36.0 Å². The highest BCUT2D eigenvalue weighted by Crippen LogP contribution is 2.19. The van der Waals surface area contributed by atoms with E-state index in [1.54, 1.807) is 6.20 Å². The zero-order chi connectivity index (χ0) is 15.4. The number of benzene rings is 1. The number of aromatic nitrogens is 1. The van der Waals surface area contributed by atoms with Crippen molar-refractivity contribution < 1.29 is 14.3 Å². The van der Waals surface area contributed by atoms with Crippen LogP contribution in [0.15, 0.2) is 30.5 Å². The molecule has 21 heavy (non-hydrogen) atoms. The normalized spacial score (nSPS) is 12.4. The van der Waals surface area contributed by atoms with Crippen LogP contribution in [0.4, 0.5) is 0 Å². The highest BCUT2D eigenvalue weighted by atomic mass is 35.5. The standard InChI is InChI=1S/C14H14Cl2N2O3/c1-21-14(20)11(18-13(19)12(15)16)6-8-7-17-10-5-3-2-4-9(8)10/h2-5,7,11-12,17H,6H2,1H3,(H,18,19)/t11-/m1/s1. The lowest BCUT2D eigenvalue weighted by Gasteiger charge is -2.16. The molecule has 5 nitrogen and oxygen atoms in total. The van der Waals surface area contributed by atoms with Gasteiger partial charge in [0.2, 0.25) is 0 Å². The predicted molar refractivity (Wildman–Crippen MR) is 81.4 cm³/mol. The Morgan fingerprint density at radius 3 is 2.71 bits per heavy atom. The van der Waals surface area contributed by atoms with Gasteiger partial charge in [0.15, 0.2) is 4.84 Å². The number of carbonyl (C=O) groups excluding carboxylic acids is 2. The minimum Gasteiger partial charge on any atom is -0.467 e. The summed E-state index contributed by atoms with van der Waals surface area (Å²) in [6, 6.07) is 6.83. The fourth-order valence-electron chi connectivity index (χ4n) is 2.09. The first-order chi connectivity index (χ1) is 10.0. The predicted octanol–water partition coefficient (Wildman–Crippen LogP) is 2.17. The van der Waals surface area contributed by atoms with E-state index in [2.05, 4.69) is 10.3 Å². The quantitative estimate of drug-likeness (QED) is 0.652. The molecule has 2 aromatic rings. The Morgan fingerprint density at radius 1 is 1.33 bits per heavy atom. The molecule has 2 rings (SSSR count). The van der Waals surface area contributed by atoms with Crippen LogP contribution < -0.4 is 5.32 Å². The molecule has 1 atom stereocenters. The molecule has 1 amide bonds. The third kappa shape index (κ3) is 3.68. The maximum absolute atomic E-state index is 11.8. The van der Waals surface area contributed by atoms with E-state index in [0.29, 0.717) is 0 Å². The van der Waals surface area contributed by atoms with Crippen molar-refractivity contribution in [2.24, 2.45) is 0 Å². The van der Waals surface area contributed by atoms with Gasteiger partial charge < -0.3 is 15.0 Å². The molecule has 0 fully saturated rings. The molecule has 0 spiro atoms. The van der Waals surface area contributed by atoms with Crippen molar-refractivity contribution in [1.29, 1.82) is 0 Å². The number of methoxy groups -OCH3 is 1. The second-order valence-corrected chi connectivity index (χ2v) is 5.54. The molecule has 2 N–H and O–H groups in total. The average Bonchev–Trinajstić information content (AvgIpc) is 2.89. The zero-order valence-electron chi connectivity index (χ0n) is 11.2. The molecule has 0 aliphatic carbocycles. The van der Waals surface area contributed by atoms with Crippen molar-refractivity contribution in [2.45, 2.75) is 17.3 Å². The minimum atomic E-state index is -1.24. The van der Waals surface area contributed by atoms with Gasteiger partial charge in [-0.2, -0.15) is 0 Å². The van der Waals surface area contributed by atoms with E-state index in [4.69, 9.17) is 27.9 Å². The second kappa shape index (κ2) is 6.83. The summed E-state index contributed by atoms with van der Waals surface area (Å²) in [5.41, 5.74) is 1.84. The van der Waals surface area contributed by atoms with Crippen molar-refractivity contribution >= 4 is 46.0 Å². The molecular weight excluding hydrogens is 315 g/mol. The number of hydrogen-bond acceptors (Lipinski definition) is 3. The Bertz CT molecular complexity index is 654. The Morgan fingerprint density at radius 2 is 2.05 bits per heavy atom. The SMILES string of the molecule is COC(=O)[C@@H](Cc1c[nH]c2ccccc12)NC(=O)C(Cl)Cl. The van der Waals surface area contributed by atoms with Crippen LogP contribution in [0.3, 0.4) is 0 Å².